The van der Waals surface area contributed by atoms with Crippen LogP contribution in [0.5, 0.6) is 17.2 Å². The molecule has 1 aliphatic carbocycles. The van der Waals surface area contributed by atoms with Gasteiger partial charge >= 0.3 is 5.97 Å². The van der Waals surface area contributed by atoms with Crippen molar-refractivity contribution in [1.82, 2.24) is 0 Å². The molecule has 1 saturated carbocycles. The standard InChI is InChI=1S/C29H40O5/c1-18-12-23(28(2,3)4)26(24(13-18)29(5,6)7)34-27(30)22-14-20(22)17-33-16-19-10-11-21(31-8)15-25(19)32-9/h10-13,15,20,22H,14,16-17H2,1-9H3. The topological polar surface area (TPSA) is 54.0 Å². The van der Waals surface area contributed by atoms with Crippen molar-refractivity contribution in [2.24, 2.45) is 11.8 Å². The third-order valence-electron chi connectivity index (χ3n) is 6.36. The number of esters is 1. The fourth-order valence-electron chi connectivity index (χ4n) is 4.19. The average molecular weight is 469 g/mol. The molecule has 2 atom stereocenters. The highest BCUT2D eigenvalue weighted by atomic mass is 16.5. The zero-order valence-electron chi connectivity index (χ0n) is 22.2. The van der Waals surface area contributed by atoms with Crippen molar-refractivity contribution in [3.8, 4) is 17.2 Å². The Hall–Kier alpha value is -2.53. The summed E-state index contributed by atoms with van der Waals surface area (Å²) < 4.78 is 22.8. The first-order chi connectivity index (χ1) is 15.8. The number of ether oxygens (including phenoxy) is 4. The maximum Gasteiger partial charge on any atom is 0.314 e. The Balaban J connectivity index is 1.66. The number of rotatable bonds is 8. The summed E-state index contributed by atoms with van der Waals surface area (Å²) in [5, 5.41) is 0. The molecule has 2 aromatic rings. The summed E-state index contributed by atoms with van der Waals surface area (Å²) in [7, 11) is 3.26. The number of aryl methyl sites for hydroxylation is 1. The van der Waals surface area contributed by atoms with Gasteiger partial charge in [-0.05, 0) is 42.2 Å². The molecule has 0 radical (unpaired) electrons. The van der Waals surface area contributed by atoms with Crippen LogP contribution >= 0.6 is 0 Å². The zero-order chi connectivity index (χ0) is 25.3. The second-order valence-electron chi connectivity index (χ2n) is 11.4. The molecule has 0 N–H and O–H groups in total. The van der Waals surface area contributed by atoms with Gasteiger partial charge in [0.15, 0.2) is 0 Å². The number of carbonyl (C=O) groups is 1. The van der Waals surface area contributed by atoms with Crippen molar-refractivity contribution in [2.75, 3.05) is 20.8 Å². The molecule has 1 fully saturated rings. The van der Waals surface area contributed by atoms with Crippen molar-refractivity contribution in [1.29, 1.82) is 0 Å². The number of carbonyl (C=O) groups excluding carboxylic acids is 1. The van der Waals surface area contributed by atoms with E-state index < -0.39 is 0 Å². The summed E-state index contributed by atoms with van der Waals surface area (Å²) in [5.74, 6) is 2.10. The Kier molecular flexibility index (Phi) is 7.66. The maximum atomic E-state index is 13.1. The summed E-state index contributed by atoms with van der Waals surface area (Å²) in [5.41, 5.74) is 4.02. The molecule has 2 aromatic carbocycles. The van der Waals surface area contributed by atoms with Gasteiger partial charge in [-0.25, -0.2) is 0 Å². The van der Waals surface area contributed by atoms with E-state index in [-0.39, 0.29) is 28.6 Å². The van der Waals surface area contributed by atoms with Crippen LogP contribution in [0.25, 0.3) is 0 Å². The molecule has 3 rings (SSSR count). The molecular weight excluding hydrogens is 428 g/mol. The number of hydrogen-bond donors (Lipinski definition) is 0. The minimum absolute atomic E-state index is 0.125. The van der Waals surface area contributed by atoms with Gasteiger partial charge in [-0.3, -0.25) is 4.79 Å². The van der Waals surface area contributed by atoms with Gasteiger partial charge in [0.05, 0.1) is 33.4 Å². The van der Waals surface area contributed by atoms with Gasteiger partial charge in [-0.2, -0.15) is 0 Å². The van der Waals surface area contributed by atoms with Gasteiger partial charge in [0.2, 0.25) is 0 Å². The van der Waals surface area contributed by atoms with E-state index in [9.17, 15) is 4.79 Å². The van der Waals surface area contributed by atoms with Crippen molar-refractivity contribution >= 4 is 5.97 Å². The van der Waals surface area contributed by atoms with Gasteiger partial charge < -0.3 is 18.9 Å². The molecular formula is C29H40O5. The van der Waals surface area contributed by atoms with Crippen molar-refractivity contribution in [3.05, 3.63) is 52.6 Å². The van der Waals surface area contributed by atoms with Gasteiger partial charge in [-0.15, -0.1) is 0 Å². The molecule has 0 aromatic heterocycles. The third kappa shape index (κ3) is 6.12. The fourth-order valence-corrected chi connectivity index (χ4v) is 4.19. The predicted molar refractivity (Wildman–Crippen MR) is 135 cm³/mol. The van der Waals surface area contributed by atoms with Gasteiger partial charge in [0.25, 0.3) is 0 Å². The van der Waals surface area contributed by atoms with E-state index in [1.807, 2.05) is 18.2 Å². The highest BCUT2D eigenvalue weighted by Gasteiger charge is 2.45. The SMILES string of the molecule is COc1ccc(COCC2CC2C(=O)Oc2c(C(C)(C)C)cc(C)cc2C(C)(C)C)c(OC)c1. The first kappa shape index (κ1) is 26.1. The highest BCUT2D eigenvalue weighted by Crippen LogP contribution is 2.44. The molecule has 34 heavy (non-hydrogen) atoms. The smallest absolute Gasteiger partial charge is 0.314 e. The second-order valence-corrected chi connectivity index (χ2v) is 11.4. The van der Waals surface area contributed by atoms with Crippen LogP contribution in [0.15, 0.2) is 30.3 Å². The highest BCUT2D eigenvalue weighted by molar-refractivity contribution is 5.79. The molecule has 1 aliphatic rings. The summed E-state index contributed by atoms with van der Waals surface area (Å²) in [6.07, 6.45) is 0.792. The monoisotopic (exact) mass is 468 g/mol. The largest absolute Gasteiger partial charge is 0.497 e. The molecule has 2 unspecified atom stereocenters. The lowest BCUT2D eigenvalue weighted by Gasteiger charge is -2.29. The second kappa shape index (κ2) is 9.99. The lowest BCUT2D eigenvalue weighted by molar-refractivity contribution is -0.136. The quantitative estimate of drug-likeness (QED) is 0.333. The Morgan fingerprint density at radius 1 is 0.941 bits per heavy atom. The van der Waals surface area contributed by atoms with E-state index in [4.69, 9.17) is 18.9 Å². The molecule has 5 heteroatoms. The first-order valence-corrected chi connectivity index (χ1v) is 12.0. The first-order valence-electron chi connectivity index (χ1n) is 12.0. The Morgan fingerprint density at radius 2 is 1.56 bits per heavy atom. The molecule has 5 nitrogen and oxygen atoms in total. The van der Waals surface area contributed by atoms with Crippen LogP contribution in [-0.4, -0.2) is 26.8 Å². The normalized spacial score (nSPS) is 17.9. The summed E-state index contributed by atoms with van der Waals surface area (Å²) in [4.78, 5) is 13.1. The lowest BCUT2D eigenvalue weighted by Crippen LogP contribution is -2.23. The molecule has 0 bridgehead atoms. The van der Waals surface area contributed by atoms with E-state index in [0.29, 0.717) is 13.2 Å². The summed E-state index contributed by atoms with van der Waals surface area (Å²) in [6, 6.07) is 9.97. The van der Waals surface area contributed by atoms with Crippen molar-refractivity contribution in [2.45, 2.75) is 72.3 Å². The van der Waals surface area contributed by atoms with Crippen molar-refractivity contribution in [3.63, 3.8) is 0 Å². The average Bonchev–Trinajstić information content (AvgIpc) is 3.53. The summed E-state index contributed by atoms with van der Waals surface area (Å²) in [6.45, 7) is 16.0. The third-order valence-corrected chi connectivity index (χ3v) is 6.36. The lowest BCUT2D eigenvalue weighted by atomic mass is 9.78. The van der Waals surface area contributed by atoms with Gasteiger partial charge in [0.1, 0.15) is 17.2 Å². The molecule has 0 heterocycles. The minimum atomic E-state index is -0.157. The Bertz CT molecular complexity index is 991. The number of methoxy groups -OCH3 is 2. The van der Waals surface area contributed by atoms with Crippen LogP contribution in [0, 0.1) is 18.8 Å². The molecule has 0 amide bonds. The van der Waals surface area contributed by atoms with Crippen LogP contribution < -0.4 is 14.2 Å². The zero-order valence-corrected chi connectivity index (χ0v) is 22.2. The molecule has 0 aliphatic heterocycles. The van der Waals surface area contributed by atoms with E-state index >= 15 is 0 Å². The molecule has 186 valence electrons. The van der Waals surface area contributed by atoms with E-state index in [2.05, 4.69) is 60.6 Å². The van der Waals surface area contributed by atoms with Crippen LogP contribution in [0.2, 0.25) is 0 Å². The minimum Gasteiger partial charge on any atom is -0.497 e. The van der Waals surface area contributed by atoms with E-state index in [1.54, 1.807) is 14.2 Å². The number of hydrogen-bond acceptors (Lipinski definition) is 5. The van der Waals surface area contributed by atoms with E-state index in [1.165, 1.54) is 5.56 Å². The molecule has 0 saturated heterocycles. The van der Waals surface area contributed by atoms with Crippen molar-refractivity contribution < 1.29 is 23.7 Å². The Morgan fingerprint density at radius 3 is 2.09 bits per heavy atom. The Labute approximate surface area is 204 Å². The van der Waals surface area contributed by atoms with Crippen LogP contribution in [0.1, 0.15) is 70.2 Å². The van der Waals surface area contributed by atoms with Crippen LogP contribution in [-0.2, 0) is 27.0 Å². The summed E-state index contributed by atoms with van der Waals surface area (Å²) >= 11 is 0. The van der Waals surface area contributed by atoms with E-state index in [0.717, 1.165) is 40.4 Å². The predicted octanol–water partition coefficient (Wildman–Crippen LogP) is 6.37. The molecule has 0 spiro atoms. The van der Waals surface area contributed by atoms with Crippen LogP contribution in [0.3, 0.4) is 0 Å². The van der Waals surface area contributed by atoms with Crippen LogP contribution in [0.4, 0.5) is 0 Å². The maximum absolute atomic E-state index is 13.1. The van der Waals surface area contributed by atoms with Gasteiger partial charge in [-0.1, -0.05) is 59.2 Å². The number of benzene rings is 2. The van der Waals surface area contributed by atoms with Gasteiger partial charge in [0, 0.05) is 22.8 Å². The fraction of sp³-hybridized carbons (Fsp3) is 0.552.